The van der Waals surface area contributed by atoms with E-state index in [1.807, 2.05) is 42.6 Å². The second-order valence-corrected chi connectivity index (χ2v) is 8.85. The Kier molecular flexibility index (Phi) is 7.19. The number of ether oxygens (including phenoxy) is 1. The molecule has 0 bridgehead atoms. The van der Waals surface area contributed by atoms with E-state index in [2.05, 4.69) is 10.6 Å². The van der Waals surface area contributed by atoms with Crippen LogP contribution in [0.1, 0.15) is 16.6 Å². The van der Waals surface area contributed by atoms with E-state index >= 15 is 0 Å². The molecule has 2 amide bonds. The molecule has 2 aromatic carbocycles. The van der Waals surface area contributed by atoms with Crippen LogP contribution in [-0.2, 0) is 4.79 Å². The summed E-state index contributed by atoms with van der Waals surface area (Å²) in [6, 6.07) is 16.1. The lowest BCUT2D eigenvalue weighted by Gasteiger charge is -2.15. The Morgan fingerprint density at radius 2 is 1.93 bits per heavy atom. The fraction of sp³-hybridized carbons (Fsp3) is 0.143. The molecule has 0 saturated heterocycles. The summed E-state index contributed by atoms with van der Waals surface area (Å²) < 4.78 is 5.26. The number of carbonyl (C=O) groups is 2. The van der Waals surface area contributed by atoms with Crippen molar-refractivity contribution >= 4 is 57.9 Å². The van der Waals surface area contributed by atoms with Gasteiger partial charge in [0.2, 0.25) is 5.91 Å². The minimum atomic E-state index is -0.373. The Morgan fingerprint density at radius 3 is 2.66 bits per heavy atom. The number of hydrogen-bond acceptors (Lipinski definition) is 5. The van der Waals surface area contributed by atoms with Crippen LogP contribution in [0.2, 0.25) is 5.02 Å². The first kappa shape index (κ1) is 21.2. The van der Waals surface area contributed by atoms with Crippen molar-refractivity contribution in [1.82, 2.24) is 0 Å². The monoisotopic (exact) mass is 446 g/mol. The van der Waals surface area contributed by atoms with Gasteiger partial charge in [-0.3, -0.25) is 9.59 Å². The highest BCUT2D eigenvalue weighted by Gasteiger charge is 2.17. The molecule has 1 atom stereocenters. The number of benzene rings is 2. The Bertz CT molecular complexity index is 1010. The molecule has 29 heavy (non-hydrogen) atoms. The van der Waals surface area contributed by atoms with E-state index in [-0.39, 0.29) is 17.1 Å². The minimum absolute atomic E-state index is 0.152. The van der Waals surface area contributed by atoms with Crippen molar-refractivity contribution in [3.8, 4) is 5.75 Å². The van der Waals surface area contributed by atoms with Gasteiger partial charge in [-0.15, -0.1) is 23.1 Å². The number of amides is 2. The van der Waals surface area contributed by atoms with E-state index in [1.165, 1.54) is 30.2 Å². The summed E-state index contributed by atoms with van der Waals surface area (Å²) in [7, 11) is 1.53. The maximum Gasteiger partial charge on any atom is 0.265 e. The van der Waals surface area contributed by atoms with Gasteiger partial charge in [0.15, 0.2) is 0 Å². The molecule has 0 aliphatic heterocycles. The van der Waals surface area contributed by atoms with Crippen LogP contribution in [0.3, 0.4) is 0 Å². The Hall–Kier alpha value is -2.48. The normalized spacial score (nSPS) is 11.6. The molecule has 0 spiro atoms. The summed E-state index contributed by atoms with van der Waals surface area (Å²) in [5, 5.41) is 7.72. The van der Waals surface area contributed by atoms with Crippen molar-refractivity contribution < 1.29 is 14.3 Å². The Morgan fingerprint density at radius 1 is 1.10 bits per heavy atom. The van der Waals surface area contributed by atoms with Crippen LogP contribution in [0.5, 0.6) is 5.75 Å². The molecular weight excluding hydrogens is 428 g/mol. The SMILES string of the molecule is COc1ccc(Cl)cc1NC(=O)C(C)Sc1cccc(NC(=O)c2cccs2)c1. The number of anilines is 2. The van der Waals surface area contributed by atoms with Gasteiger partial charge in [0.05, 0.1) is 22.9 Å². The van der Waals surface area contributed by atoms with E-state index in [9.17, 15) is 9.59 Å². The van der Waals surface area contributed by atoms with E-state index in [1.54, 1.807) is 24.3 Å². The first-order valence-corrected chi connectivity index (χ1v) is 10.9. The number of thiophene rings is 1. The van der Waals surface area contributed by atoms with Crippen molar-refractivity contribution in [2.45, 2.75) is 17.1 Å². The van der Waals surface area contributed by atoms with Gasteiger partial charge in [0.1, 0.15) is 5.75 Å². The summed E-state index contributed by atoms with van der Waals surface area (Å²) in [5.74, 6) is 0.211. The van der Waals surface area contributed by atoms with Gasteiger partial charge >= 0.3 is 0 Å². The third-order valence-corrected chi connectivity index (χ3v) is 6.14. The van der Waals surface area contributed by atoms with Crippen molar-refractivity contribution in [2.24, 2.45) is 0 Å². The van der Waals surface area contributed by atoms with Gasteiger partial charge in [0, 0.05) is 15.6 Å². The Labute approximate surface area is 182 Å². The molecule has 150 valence electrons. The molecule has 1 aromatic heterocycles. The first-order valence-electron chi connectivity index (χ1n) is 8.72. The van der Waals surface area contributed by atoms with Crippen LogP contribution >= 0.6 is 34.7 Å². The van der Waals surface area contributed by atoms with Gasteiger partial charge < -0.3 is 15.4 Å². The van der Waals surface area contributed by atoms with Gasteiger partial charge in [-0.05, 0) is 54.8 Å². The predicted octanol–water partition coefficient (Wildman–Crippen LogP) is 5.78. The number of nitrogens with one attached hydrogen (secondary N) is 2. The predicted molar refractivity (Wildman–Crippen MR) is 121 cm³/mol. The summed E-state index contributed by atoms with van der Waals surface area (Å²) in [6.45, 7) is 1.81. The third-order valence-electron chi connectivity index (χ3n) is 3.94. The number of thioether (sulfide) groups is 1. The Balaban J connectivity index is 1.64. The summed E-state index contributed by atoms with van der Waals surface area (Å²) >= 11 is 8.79. The molecule has 8 heteroatoms. The van der Waals surface area contributed by atoms with Crippen molar-refractivity contribution in [3.05, 3.63) is 69.9 Å². The smallest absolute Gasteiger partial charge is 0.265 e. The molecule has 0 fully saturated rings. The molecule has 1 heterocycles. The lowest BCUT2D eigenvalue weighted by molar-refractivity contribution is -0.115. The molecule has 0 aliphatic rings. The topological polar surface area (TPSA) is 67.4 Å². The highest BCUT2D eigenvalue weighted by molar-refractivity contribution is 8.00. The molecule has 5 nitrogen and oxygen atoms in total. The van der Waals surface area contributed by atoms with Gasteiger partial charge in [-0.25, -0.2) is 0 Å². The van der Waals surface area contributed by atoms with E-state index < -0.39 is 0 Å². The van der Waals surface area contributed by atoms with Crippen molar-refractivity contribution in [2.75, 3.05) is 17.7 Å². The molecule has 0 saturated carbocycles. The highest BCUT2D eigenvalue weighted by atomic mass is 35.5. The molecular formula is C21H19ClN2O3S2. The van der Waals surface area contributed by atoms with Gasteiger partial charge in [-0.2, -0.15) is 0 Å². The summed E-state index contributed by atoms with van der Waals surface area (Å²) in [4.78, 5) is 26.3. The number of hydrogen-bond donors (Lipinski definition) is 2. The van der Waals surface area contributed by atoms with Crippen LogP contribution < -0.4 is 15.4 Å². The van der Waals surface area contributed by atoms with Gasteiger partial charge in [-0.1, -0.05) is 23.7 Å². The summed E-state index contributed by atoms with van der Waals surface area (Å²) in [6.07, 6.45) is 0. The lowest BCUT2D eigenvalue weighted by atomic mass is 10.3. The van der Waals surface area contributed by atoms with Gasteiger partial charge in [0.25, 0.3) is 5.91 Å². The maximum absolute atomic E-state index is 12.6. The fourth-order valence-corrected chi connectivity index (χ4v) is 4.23. The average Bonchev–Trinajstić information content (AvgIpc) is 3.23. The third kappa shape index (κ3) is 5.76. The fourth-order valence-electron chi connectivity index (χ4n) is 2.52. The van der Waals surface area contributed by atoms with Crippen LogP contribution in [0.4, 0.5) is 11.4 Å². The second-order valence-electron chi connectivity index (χ2n) is 6.05. The second kappa shape index (κ2) is 9.82. The van der Waals surface area contributed by atoms with E-state index in [0.29, 0.717) is 27.0 Å². The lowest BCUT2D eigenvalue weighted by Crippen LogP contribution is -2.22. The zero-order chi connectivity index (χ0) is 20.8. The van der Waals surface area contributed by atoms with Crippen LogP contribution in [0.25, 0.3) is 0 Å². The largest absolute Gasteiger partial charge is 0.495 e. The van der Waals surface area contributed by atoms with Crippen LogP contribution in [-0.4, -0.2) is 24.2 Å². The number of carbonyl (C=O) groups excluding carboxylic acids is 2. The number of rotatable bonds is 7. The van der Waals surface area contributed by atoms with Crippen LogP contribution in [0, 0.1) is 0 Å². The van der Waals surface area contributed by atoms with E-state index in [0.717, 1.165) is 4.90 Å². The molecule has 3 aromatic rings. The quantitative estimate of drug-likeness (QED) is 0.451. The average molecular weight is 447 g/mol. The molecule has 2 N–H and O–H groups in total. The minimum Gasteiger partial charge on any atom is -0.495 e. The maximum atomic E-state index is 12.6. The number of halogens is 1. The molecule has 1 unspecified atom stereocenters. The summed E-state index contributed by atoms with van der Waals surface area (Å²) in [5.41, 5.74) is 1.20. The zero-order valence-electron chi connectivity index (χ0n) is 15.8. The highest BCUT2D eigenvalue weighted by Crippen LogP contribution is 2.30. The number of methoxy groups -OCH3 is 1. The van der Waals surface area contributed by atoms with E-state index in [4.69, 9.17) is 16.3 Å². The standard InChI is InChI=1S/C21H19ClN2O3S2/c1-13(20(25)24-17-11-14(22)8-9-18(17)27-2)29-16-6-3-5-15(12-16)23-21(26)19-7-4-10-28-19/h3-13H,1-2H3,(H,23,26)(H,24,25). The first-order chi connectivity index (χ1) is 14.0. The zero-order valence-corrected chi connectivity index (χ0v) is 18.2. The molecule has 3 rings (SSSR count). The van der Waals surface area contributed by atoms with Crippen molar-refractivity contribution in [1.29, 1.82) is 0 Å². The van der Waals surface area contributed by atoms with Crippen molar-refractivity contribution in [3.63, 3.8) is 0 Å². The van der Waals surface area contributed by atoms with Crippen LogP contribution in [0.15, 0.2) is 64.9 Å². The molecule has 0 aliphatic carbocycles. The molecule has 0 radical (unpaired) electrons.